The SMILES string of the molecule is CC(C(=O)NC(C)(CO)c1ccccc1)S(C)(=O)=O. The van der Waals surface area contributed by atoms with Gasteiger partial charge in [0.05, 0.1) is 12.1 Å². The van der Waals surface area contributed by atoms with Crippen LogP contribution in [0.2, 0.25) is 0 Å². The number of sulfone groups is 1. The standard InChI is InChI=1S/C13H19NO4S/c1-10(19(3,17)18)12(16)14-13(2,9-15)11-7-5-4-6-8-11/h4-8,10,15H,9H2,1-3H3,(H,14,16). The van der Waals surface area contributed by atoms with Gasteiger partial charge in [0.15, 0.2) is 9.84 Å². The smallest absolute Gasteiger partial charge is 0.238 e. The third kappa shape index (κ3) is 3.78. The van der Waals surface area contributed by atoms with E-state index in [1.807, 2.05) is 6.07 Å². The van der Waals surface area contributed by atoms with Crippen LogP contribution < -0.4 is 5.32 Å². The van der Waals surface area contributed by atoms with E-state index in [-0.39, 0.29) is 6.61 Å². The van der Waals surface area contributed by atoms with Gasteiger partial charge in [-0.15, -0.1) is 0 Å². The van der Waals surface area contributed by atoms with Crippen molar-refractivity contribution in [2.75, 3.05) is 12.9 Å². The number of aliphatic hydroxyl groups is 1. The molecule has 0 saturated heterocycles. The Labute approximate surface area is 113 Å². The maximum atomic E-state index is 11.9. The second kappa shape index (κ2) is 5.71. The van der Waals surface area contributed by atoms with E-state index in [1.54, 1.807) is 31.2 Å². The highest BCUT2D eigenvalue weighted by Gasteiger charge is 2.32. The number of hydrogen-bond acceptors (Lipinski definition) is 4. The van der Waals surface area contributed by atoms with E-state index in [0.29, 0.717) is 5.56 Å². The van der Waals surface area contributed by atoms with Gasteiger partial charge < -0.3 is 10.4 Å². The van der Waals surface area contributed by atoms with Gasteiger partial charge in [-0.25, -0.2) is 8.42 Å². The molecule has 0 aromatic heterocycles. The van der Waals surface area contributed by atoms with Crippen molar-refractivity contribution in [3.63, 3.8) is 0 Å². The molecule has 19 heavy (non-hydrogen) atoms. The summed E-state index contributed by atoms with van der Waals surface area (Å²) in [5.74, 6) is -0.622. The number of amides is 1. The lowest BCUT2D eigenvalue weighted by atomic mass is 9.93. The quantitative estimate of drug-likeness (QED) is 0.822. The zero-order chi connectivity index (χ0) is 14.7. The number of carbonyl (C=O) groups is 1. The highest BCUT2D eigenvalue weighted by Crippen LogP contribution is 2.20. The van der Waals surface area contributed by atoms with Gasteiger partial charge in [-0.1, -0.05) is 30.3 Å². The average molecular weight is 285 g/mol. The molecule has 6 heteroatoms. The molecule has 0 aliphatic heterocycles. The molecule has 0 saturated carbocycles. The van der Waals surface area contributed by atoms with E-state index in [4.69, 9.17) is 0 Å². The van der Waals surface area contributed by atoms with Crippen LogP contribution in [-0.4, -0.2) is 37.5 Å². The largest absolute Gasteiger partial charge is 0.394 e. The number of carbonyl (C=O) groups excluding carboxylic acids is 1. The van der Waals surface area contributed by atoms with E-state index in [2.05, 4.69) is 5.32 Å². The van der Waals surface area contributed by atoms with Gasteiger partial charge >= 0.3 is 0 Å². The summed E-state index contributed by atoms with van der Waals surface area (Å²) >= 11 is 0. The minimum absolute atomic E-state index is 0.320. The van der Waals surface area contributed by atoms with Gasteiger partial charge in [0.2, 0.25) is 5.91 Å². The fourth-order valence-corrected chi connectivity index (χ4v) is 2.02. The van der Waals surface area contributed by atoms with E-state index in [9.17, 15) is 18.3 Å². The Bertz CT molecular complexity index is 541. The van der Waals surface area contributed by atoms with Crippen LogP contribution in [0, 0.1) is 0 Å². The molecule has 0 bridgehead atoms. The van der Waals surface area contributed by atoms with Crippen LogP contribution in [0.25, 0.3) is 0 Å². The lowest BCUT2D eigenvalue weighted by Gasteiger charge is -2.30. The molecule has 0 radical (unpaired) electrons. The summed E-state index contributed by atoms with van der Waals surface area (Å²) in [5, 5.41) is 11.0. The van der Waals surface area contributed by atoms with Crippen LogP contribution in [0.3, 0.4) is 0 Å². The van der Waals surface area contributed by atoms with Crippen LogP contribution in [0.15, 0.2) is 30.3 Å². The molecule has 106 valence electrons. The maximum absolute atomic E-state index is 11.9. The van der Waals surface area contributed by atoms with Crippen molar-refractivity contribution in [2.24, 2.45) is 0 Å². The fraction of sp³-hybridized carbons (Fsp3) is 0.462. The van der Waals surface area contributed by atoms with Crippen LogP contribution >= 0.6 is 0 Å². The molecule has 0 aliphatic carbocycles. The highest BCUT2D eigenvalue weighted by molar-refractivity contribution is 7.92. The summed E-state index contributed by atoms with van der Waals surface area (Å²) in [7, 11) is -3.46. The first-order valence-corrected chi connectivity index (χ1v) is 7.83. The topological polar surface area (TPSA) is 83.5 Å². The van der Waals surface area contributed by atoms with Crippen molar-refractivity contribution in [2.45, 2.75) is 24.6 Å². The Morgan fingerprint density at radius 3 is 2.32 bits per heavy atom. The maximum Gasteiger partial charge on any atom is 0.238 e. The molecule has 5 nitrogen and oxygen atoms in total. The van der Waals surface area contributed by atoms with Crippen molar-refractivity contribution < 1.29 is 18.3 Å². The Morgan fingerprint density at radius 1 is 1.37 bits per heavy atom. The molecule has 0 heterocycles. The zero-order valence-electron chi connectivity index (χ0n) is 11.3. The lowest BCUT2D eigenvalue weighted by molar-refractivity contribution is -0.122. The monoisotopic (exact) mass is 285 g/mol. The van der Waals surface area contributed by atoms with Gasteiger partial charge in [0.25, 0.3) is 0 Å². The average Bonchev–Trinajstić information content (AvgIpc) is 2.37. The van der Waals surface area contributed by atoms with E-state index in [0.717, 1.165) is 6.26 Å². The Morgan fingerprint density at radius 2 is 1.89 bits per heavy atom. The summed E-state index contributed by atoms with van der Waals surface area (Å²) in [5.41, 5.74) is -0.288. The predicted molar refractivity (Wildman–Crippen MR) is 73.3 cm³/mol. The lowest BCUT2D eigenvalue weighted by Crippen LogP contribution is -2.50. The molecular formula is C13H19NO4S. The van der Waals surface area contributed by atoms with Crippen molar-refractivity contribution in [3.8, 4) is 0 Å². The van der Waals surface area contributed by atoms with E-state index >= 15 is 0 Å². The van der Waals surface area contributed by atoms with Crippen molar-refractivity contribution in [3.05, 3.63) is 35.9 Å². The highest BCUT2D eigenvalue weighted by atomic mass is 32.2. The molecule has 1 aromatic carbocycles. The molecule has 2 atom stereocenters. The Balaban J connectivity index is 2.98. The number of nitrogens with one attached hydrogen (secondary N) is 1. The van der Waals surface area contributed by atoms with Gasteiger partial charge in [-0.3, -0.25) is 4.79 Å². The van der Waals surface area contributed by atoms with Gasteiger partial charge in [-0.05, 0) is 19.4 Å². The molecule has 2 N–H and O–H groups in total. The van der Waals surface area contributed by atoms with Crippen LogP contribution in [0.5, 0.6) is 0 Å². The number of rotatable bonds is 5. The van der Waals surface area contributed by atoms with Gasteiger partial charge in [-0.2, -0.15) is 0 Å². The fourth-order valence-electron chi connectivity index (χ4n) is 1.58. The second-order valence-electron chi connectivity index (χ2n) is 4.82. The van der Waals surface area contributed by atoms with E-state index < -0.39 is 26.5 Å². The summed E-state index contributed by atoms with van der Waals surface area (Å²) in [4.78, 5) is 11.9. The van der Waals surface area contributed by atoms with Gasteiger partial charge in [0.1, 0.15) is 5.25 Å². The Hall–Kier alpha value is -1.40. The van der Waals surface area contributed by atoms with Gasteiger partial charge in [0, 0.05) is 6.26 Å². The normalized spacial score (nSPS) is 16.4. The summed E-state index contributed by atoms with van der Waals surface area (Å²) < 4.78 is 22.7. The third-order valence-corrected chi connectivity index (χ3v) is 4.64. The first kappa shape index (κ1) is 15.7. The predicted octanol–water partition coefficient (Wildman–Crippen LogP) is 0.443. The zero-order valence-corrected chi connectivity index (χ0v) is 12.1. The molecule has 2 unspecified atom stereocenters. The molecule has 1 aromatic rings. The van der Waals surface area contributed by atoms with Crippen molar-refractivity contribution in [1.29, 1.82) is 0 Å². The Kier molecular flexibility index (Phi) is 4.70. The number of benzene rings is 1. The molecule has 0 aliphatic rings. The number of hydrogen-bond donors (Lipinski definition) is 2. The minimum Gasteiger partial charge on any atom is -0.394 e. The van der Waals surface area contributed by atoms with Crippen molar-refractivity contribution >= 4 is 15.7 Å². The molecular weight excluding hydrogens is 266 g/mol. The first-order chi connectivity index (χ1) is 8.70. The van der Waals surface area contributed by atoms with Crippen LogP contribution in [0.4, 0.5) is 0 Å². The molecule has 1 amide bonds. The summed E-state index contributed by atoms with van der Waals surface area (Å²) in [6.07, 6.45) is 1.01. The van der Waals surface area contributed by atoms with Crippen molar-refractivity contribution in [1.82, 2.24) is 5.32 Å². The summed E-state index contributed by atoms with van der Waals surface area (Å²) in [6.45, 7) is 2.65. The molecule has 0 fully saturated rings. The second-order valence-corrected chi connectivity index (χ2v) is 7.18. The number of aliphatic hydroxyl groups excluding tert-OH is 1. The third-order valence-electron chi connectivity index (χ3n) is 3.14. The van der Waals surface area contributed by atoms with E-state index in [1.165, 1.54) is 6.92 Å². The van der Waals surface area contributed by atoms with Crippen LogP contribution in [-0.2, 0) is 20.2 Å². The van der Waals surface area contributed by atoms with Crippen LogP contribution in [0.1, 0.15) is 19.4 Å². The minimum atomic E-state index is -3.46. The molecule has 1 rings (SSSR count). The first-order valence-electron chi connectivity index (χ1n) is 5.88. The molecule has 0 spiro atoms. The summed E-state index contributed by atoms with van der Waals surface area (Å²) in [6, 6.07) is 8.93.